The summed E-state index contributed by atoms with van der Waals surface area (Å²) in [7, 11) is 0. The average Bonchev–Trinajstić information content (AvgIpc) is 2.68. The molecule has 98 valence electrons. The van der Waals surface area contributed by atoms with E-state index in [1.165, 1.54) is 0 Å². The van der Waals surface area contributed by atoms with Gasteiger partial charge in [-0.3, -0.25) is 0 Å². The molecule has 1 aromatic rings. The molecule has 17 heavy (non-hydrogen) atoms. The predicted octanol–water partition coefficient (Wildman–Crippen LogP) is 1.66. The van der Waals surface area contributed by atoms with Crippen LogP contribution in [0.5, 0.6) is 0 Å². The number of nitrogens with zero attached hydrogens (tertiary/aromatic N) is 2. The molecule has 0 aliphatic heterocycles. The number of hydrogen-bond donors (Lipinski definition) is 1. The molecule has 4 nitrogen and oxygen atoms in total. The number of hydrogen-bond acceptors (Lipinski definition) is 3. The number of aromatic nitrogens is 2. The van der Waals surface area contributed by atoms with Gasteiger partial charge in [-0.1, -0.05) is 13.8 Å². The molecule has 6 heteroatoms. The number of imidazole rings is 1. The smallest absolute Gasteiger partial charge is 0.261 e. The first-order valence-electron chi connectivity index (χ1n) is 5.68. The van der Waals surface area contributed by atoms with Crippen LogP contribution < -0.4 is 5.32 Å². The zero-order valence-electron chi connectivity index (χ0n) is 10.2. The third kappa shape index (κ3) is 5.74. The lowest BCUT2D eigenvalue weighted by atomic mass is 10.3. The van der Waals surface area contributed by atoms with Crippen molar-refractivity contribution in [1.82, 2.24) is 14.9 Å². The van der Waals surface area contributed by atoms with Crippen LogP contribution in [-0.4, -0.2) is 35.2 Å². The number of nitrogens with one attached hydrogen (secondary N) is 1. The largest absolute Gasteiger partial charge is 0.374 e. The first-order valence-corrected chi connectivity index (χ1v) is 5.68. The standard InChI is InChI=1S/C11H19F2N3O/c1-9(2)15-6-10-5-14-8-16(10)3-4-17-7-11(12)13/h5,8-9,11,15H,3-4,6-7H2,1-2H3. The van der Waals surface area contributed by atoms with Crippen molar-refractivity contribution in [1.29, 1.82) is 0 Å². The summed E-state index contributed by atoms with van der Waals surface area (Å²) in [5.74, 6) is 0. The summed E-state index contributed by atoms with van der Waals surface area (Å²) in [4.78, 5) is 4.03. The second-order valence-electron chi connectivity index (χ2n) is 4.08. The van der Waals surface area contributed by atoms with E-state index >= 15 is 0 Å². The van der Waals surface area contributed by atoms with Gasteiger partial charge in [0.2, 0.25) is 0 Å². The molecule has 1 rings (SSSR count). The van der Waals surface area contributed by atoms with Gasteiger partial charge in [0.25, 0.3) is 6.43 Å². The highest BCUT2D eigenvalue weighted by Gasteiger charge is 2.04. The molecule has 0 bridgehead atoms. The summed E-state index contributed by atoms with van der Waals surface area (Å²) in [6, 6.07) is 0.397. The van der Waals surface area contributed by atoms with E-state index in [9.17, 15) is 8.78 Å². The van der Waals surface area contributed by atoms with Crippen molar-refractivity contribution in [2.75, 3.05) is 13.2 Å². The van der Waals surface area contributed by atoms with Crippen molar-refractivity contribution in [3.63, 3.8) is 0 Å². The van der Waals surface area contributed by atoms with Crippen molar-refractivity contribution in [2.24, 2.45) is 0 Å². The first kappa shape index (κ1) is 14.1. The molecule has 0 unspecified atom stereocenters. The van der Waals surface area contributed by atoms with E-state index in [4.69, 9.17) is 4.74 Å². The SMILES string of the molecule is CC(C)NCc1cncn1CCOCC(F)F. The van der Waals surface area contributed by atoms with E-state index in [0.29, 0.717) is 19.1 Å². The second kappa shape index (κ2) is 7.34. The second-order valence-corrected chi connectivity index (χ2v) is 4.08. The third-order valence-electron chi connectivity index (χ3n) is 2.21. The molecular formula is C11H19F2N3O. The fourth-order valence-corrected chi connectivity index (χ4v) is 1.34. The fraction of sp³-hybridized carbons (Fsp3) is 0.727. The quantitative estimate of drug-likeness (QED) is 0.710. The Labute approximate surface area is 100.0 Å². The Kier molecular flexibility index (Phi) is 6.07. The van der Waals surface area contributed by atoms with Gasteiger partial charge in [0.1, 0.15) is 6.61 Å². The normalized spacial score (nSPS) is 11.6. The molecule has 0 atom stereocenters. The Morgan fingerprint density at radius 2 is 2.24 bits per heavy atom. The molecule has 1 aromatic heterocycles. The maximum Gasteiger partial charge on any atom is 0.261 e. The predicted molar refractivity (Wildman–Crippen MR) is 61.0 cm³/mol. The maximum absolute atomic E-state index is 11.8. The van der Waals surface area contributed by atoms with Crippen LogP contribution in [0.2, 0.25) is 0 Å². The van der Waals surface area contributed by atoms with Crippen LogP contribution in [0.25, 0.3) is 0 Å². The number of alkyl halides is 2. The average molecular weight is 247 g/mol. The van der Waals surface area contributed by atoms with Crippen LogP contribution in [0.3, 0.4) is 0 Å². The van der Waals surface area contributed by atoms with E-state index in [1.807, 2.05) is 4.57 Å². The molecule has 0 fully saturated rings. The highest BCUT2D eigenvalue weighted by molar-refractivity contribution is 4.98. The molecule has 0 aliphatic carbocycles. The van der Waals surface area contributed by atoms with Gasteiger partial charge in [-0.05, 0) is 0 Å². The topological polar surface area (TPSA) is 39.1 Å². The number of halogens is 2. The summed E-state index contributed by atoms with van der Waals surface area (Å²) in [5, 5.41) is 3.28. The summed E-state index contributed by atoms with van der Waals surface area (Å²) in [5.41, 5.74) is 1.03. The lowest BCUT2D eigenvalue weighted by Gasteiger charge is -2.11. The zero-order chi connectivity index (χ0) is 12.7. The zero-order valence-corrected chi connectivity index (χ0v) is 10.2. The van der Waals surface area contributed by atoms with Crippen LogP contribution >= 0.6 is 0 Å². The third-order valence-corrected chi connectivity index (χ3v) is 2.21. The van der Waals surface area contributed by atoms with E-state index < -0.39 is 13.0 Å². The number of ether oxygens (including phenoxy) is 1. The monoisotopic (exact) mass is 247 g/mol. The molecule has 0 saturated carbocycles. The molecule has 0 amide bonds. The van der Waals surface area contributed by atoms with Crippen molar-refractivity contribution in [3.05, 3.63) is 18.2 Å². The highest BCUT2D eigenvalue weighted by Crippen LogP contribution is 2.00. The van der Waals surface area contributed by atoms with Crippen molar-refractivity contribution in [3.8, 4) is 0 Å². The summed E-state index contributed by atoms with van der Waals surface area (Å²) < 4.78 is 30.4. The Morgan fingerprint density at radius 3 is 2.88 bits per heavy atom. The van der Waals surface area contributed by atoms with Crippen molar-refractivity contribution in [2.45, 2.75) is 39.4 Å². The van der Waals surface area contributed by atoms with Crippen molar-refractivity contribution >= 4 is 0 Å². The van der Waals surface area contributed by atoms with Gasteiger partial charge in [0, 0.05) is 25.3 Å². The minimum Gasteiger partial charge on any atom is -0.374 e. The lowest BCUT2D eigenvalue weighted by Crippen LogP contribution is -2.23. The molecule has 0 aromatic carbocycles. The summed E-state index contributed by atoms with van der Waals surface area (Å²) >= 11 is 0. The van der Waals surface area contributed by atoms with Gasteiger partial charge in [-0.25, -0.2) is 13.8 Å². The van der Waals surface area contributed by atoms with Crippen molar-refractivity contribution < 1.29 is 13.5 Å². The molecule has 1 N–H and O–H groups in total. The van der Waals surface area contributed by atoms with Gasteiger partial charge in [-0.15, -0.1) is 0 Å². The number of rotatable bonds is 8. The van der Waals surface area contributed by atoms with Gasteiger partial charge in [0.05, 0.1) is 18.6 Å². The van der Waals surface area contributed by atoms with Gasteiger partial charge >= 0.3 is 0 Å². The van der Waals surface area contributed by atoms with Crippen LogP contribution in [0.1, 0.15) is 19.5 Å². The molecular weight excluding hydrogens is 228 g/mol. The van der Waals surface area contributed by atoms with E-state index in [1.54, 1.807) is 12.5 Å². The summed E-state index contributed by atoms with van der Waals surface area (Å²) in [6.45, 7) is 5.15. The van der Waals surface area contributed by atoms with Crippen LogP contribution in [-0.2, 0) is 17.8 Å². The highest BCUT2D eigenvalue weighted by atomic mass is 19.3. The van der Waals surface area contributed by atoms with Crippen LogP contribution in [0.4, 0.5) is 8.78 Å². The summed E-state index contributed by atoms with van der Waals surface area (Å²) in [6.07, 6.45) is 1.05. The lowest BCUT2D eigenvalue weighted by molar-refractivity contribution is 0.0146. The Hall–Kier alpha value is -1.01. The molecule has 0 saturated heterocycles. The van der Waals surface area contributed by atoms with Crippen LogP contribution in [0.15, 0.2) is 12.5 Å². The molecule has 0 aliphatic rings. The molecule has 0 spiro atoms. The minimum absolute atomic E-state index is 0.273. The van der Waals surface area contributed by atoms with Gasteiger partial charge in [0.15, 0.2) is 0 Å². The first-order chi connectivity index (χ1) is 8.09. The van der Waals surface area contributed by atoms with E-state index in [2.05, 4.69) is 24.1 Å². The van der Waals surface area contributed by atoms with Gasteiger partial charge < -0.3 is 14.6 Å². The van der Waals surface area contributed by atoms with E-state index in [0.717, 1.165) is 5.69 Å². The van der Waals surface area contributed by atoms with Crippen LogP contribution in [0, 0.1) is 0 Å². The maximum atomic E-state index is 11.8. The Balaban J connectivity index is 2.30. The molecule has 0 radical (unpaired) electrons. The van der Waals surface area contributed by atoms with E-state index in [-0.39, 0.29) is 6.61 Å². The Morgan fingerprint density at radius 1 is 1.47 bits per heavy atom. The molecule has 1 heterocycles. The Bertz CT molecular complexity index is 315. The minimum atomic E-state index is -2.40. The fourth-order valence-electron chi connectivity index (χ4n) is 1.34. The van der Waals surface area contributed by atoms with Gasteiger partial charge in [-0.2, -0.15) is 0 Å².